The van der Waals surface area contributed by atoms with E-state index in [1.807, 2.05) is 30.3 Å². The molecule has 0 spiro atoms. The number of rotatable bonds is 9. The zero-order chi connectivity index (χ0) is 15.5. The Morgan fingerprint density at radius 1 is 1.24 bits per heavy atom. The first-order chi connectivity index (χ1) is 10.1. The minimum absolute atomic E-state index is 0.208. The molecule has 0 saturated heterocycles. The number of hydrogen-bond donors (Lipinski definition) is 1. The Bertz CT molecular complexity index is 428. The summed E-state index contributed by atoms with van der Waals surface area (Å²) in [5.74, 6) is -0.585. The summed E-state index contributed by atoms with van der Waals surface area (Å²) in [6.07, 6.45) is 1.66. The lowest BCUT2D eigenvalue weighted by molar-refractivity contribution is -0.160. The largest absolute Gasteiger partial charge is 0.467 e. The van der Waals surface area contributed by atoms with E-state index in [1.54, 1.807) is 12.2 Å². The standard InChI is InChI=1S/C16H22O5/c1-13(17)15(16(18)19-2)21-11-7-6-10-20-12-14-8-4-3-5-9-14/h3-9,13,15,17H,10-12H2,1-2H3/b7-6-. The second-order valence-corrected chi connectivity index (χ2v) is 4.49. The van der Waals surface area contributed by atoms with Crippen molar-refractivity contribution < 1.29 is 24.1 Å². The second kappa shape index (κ2) is 10.1. The zero-order valence-electron chi connectivity index (χ0n) is 12.4. The molecular formula is C16H22O5. The molecule has 0 bridgehead atoms. The molecule has 116 valence electrons. The number of carbonyl (C=O) groups excluding carboxylic acids is 1. The highest BCUT2D eigenvalue weighted by molar-refractivity contribution is 5.75. The fourth-order valence-electron chi connectivity index (χ4n) is 1.63. The van der Waals surface area contributed by atoms with E-state index in [1.165, 1.54) is 14.0 Å². The van der Waals surface area contributed by atoms with Crippen molar-refractivity contribution in [3.05, 3.63) is 48.0 Å². The normalized spacial score (nSPS) is 14.0. The van der Waals surface area contributed by atoms with E-state index in [4.69, 9.17) is 9.47 Å². The van der Waals surface area contributed by atoms with Gasteiger partial charge in [-0.15, -0.1) is 0 Å². The van der Waals surface area contributed by atoms with Gasteiger partial charge >= 0.3 is 5.97 Å². The Labute approximate surface area is 125 Å². The van der Waals surface area contributed by atoms with Crippen LogP contribution >= 0.6 is 0 Å². The van der Waals surface area contributed by atoms with Crippen LogP contribution < -0.4 is 0 Å². The molecule has 1 N–H and O–H groups in total. The van der Waals surface area contributed by atoms with Crippen molar-refractivity contribution in [1.29, 1.82) is 0 Å². The minimum Gasteiger partial charge on any atom is -0.467 e. The molecule has 5 nitrogen and oxygen atoms in total. The van der Waals surface area contributed by atoms with E-state index in [0.717, 1.165) is 5.56 Å². The van der Waals surface area contributed by atoms with E-state index in [-0.39, 0.29) is 6.61 Å². The van der Waals surface area contributed by atoms with Gasteiger partial charge in [0.05, 0.1) is 33.0 Å². The maximum Gasteiger partial charge on any atom is 0.337 e. The Balaban J connectivity index is 2.18. The molecule has 0 aliphatic rings. The van der Waals surface area contributed by atoms with Crippen LogP contribution in [0, 0.1) is 0 Å². The van der Waals surface area contributed by atoms with E-state index in [0.29, 0.717) is 13.2 Å². The molecule has 0 aromatic heterocycles. The maximum atomic E-state index is 11.3. The summed E-state index contributed by atoms with van der Waals surface area (Å²) >= 11 is 0. The minimum atomic E-state index is -0.968. The number of carbonyl (C=O) groups is 1. The lowest BCUT2D eigenvalue weighted by atomic mass is 10.2. The van der Waals surface area contributed by atoms with Gasteiger partial charge in [-0.25, -0.2) is 4.79 Å². The van der Waals surface area contributed by atoms with Gasteiger partial charge in [0.15, 0.2) is 6.10 Å². The second-order valence-electron chi connectivity index (χ2n) is 4.49. The topological polar surface area (TPSA) is 65.0 Å². The first-order valence-corrected chi connectivity index (χ1v) is 6.79. The van der Waals surface area contributed by atoms with Crippen LogP contribution in [0.4, 0.5) is 0 Å². The summed E-state index contributed by atoms with van der Waals surface area (Å²) in [6.45, 7) is 2.69. The molecule has 1 aromatic carbocycles. The average molecular weight is 294 g/mol. The van der Waals surface area contributed by atoms with Gasteiger partial charge in [-0.3, -0.25) is 0 Å². The van der Waals surface area contributed by atoms with Crippen LogP contribution in [-0.4, -0.2) is 43.6 Å². The summed E-state index contributed by atoms with van der Waals surface area (Å²) in [4.78, 5) is 11.3. The van der Waals surface area contributed by atoms with Crippen molar-refractivity contribution in [3.8, 4) is 0 Å². The van der Waals surface area contributed by atoms with Crippen LogP contribution in [0.5, 0.6) is 0 Å². The quantitative estimate of drug-likeness (QED) is 0.426. The number of ether oxygens (including phenoxy) is 3. The molecule has 0 heterocycles. The summed E-state index contributed by atoms with van der Waals surface area (Å²) in [6, 6.07) is 9.88. The van der Waals surface area contributed by atoms with Crippen LogP contribution in [0.25, 0.3) is 0 Å². The summed E-state index contributed by atoms with van der Waals surface area (Å²) in [5.41, 5.74) is 1.11. The molecule has 0 amide bonds. The molecular weight excluding hydrogens is 272 g/mol. The van der Waals surface area contributed by atoms with Gasteiger partial charge in [-0.2, -0.15) is 0 Å². The molecule has 0 fully saturated rings. The lowest BCUT2D eigenvalue weighted by Gasteiger charge is -2.16. The van der Waals surface area contributed by atoms with Gasteiger partial charge in [0, 0.05) is 0 Å². The number of aliphatic hydroxyl groups excluding tert-OH is 1. The number of hydrogen-bond acceptors (Lipinski definition) is 5. The number of benzene rings is 1. The smallest absolute Gasteiger partial charge is 0.337 e. The molecule has 0 saturated carbocycles. The first kappa shape index (κ1) is 17.4. The van der Waals surface area contributed by atoms with Crippen LogP contribution in [0.3, 0.4) is 0 Å². The summed E-state index contributed by atoms with van der Waals surface area (Å²) in [7, 11) is 1.26. The Hall–Kier alpha value is -1.69. The average Bonchev–Trinajstić information content (AvgIpc) is 2.50. The van der Waals surface area contributed by atoms with Crippen LogP contribution in [0.2, 0.25) is 0 Å². The highest BCUT2D eigenvalue weighted by Crippen LogP contribution is 2.02. The number of methoxy groups -OCH3 is 1. The zero-order valence-corrected chi connectivity index (χ0v) is 12.4. The maximum absolute atomic E-state index is 11.3. The van der Waals surface area contributed by atoms with E-state index in [2.05, 4.69) is 4.74 Å². The van der Waals surface area contributed by atoms with E-state index < -0.39 is 18.2 Å². The Morgan fingerprint density at radius 2 is 1.90 bits per heavy atom. The van der Waals surface area contributed by atoms with Crippen molar-refractivity contribution in [2.75, 3.05) is 20.3 Å². The van der Waals surface area contributed by atoms with Crippen LogP contribution in [0.15, 0.2) is 42.5 Å². The lowest BCUT2D eigenvalue weighted by Crippen LogP contribution is -2.35. The first-order valence-electron chi connectivity index (χ1n) is 6.79. The van der Waals surface area contributed by atoms with Crippen LogP contribution in [0.1, 0.15) is 12.5 Å². The fourth-order valence-corrected chi connectivity index (χ4v) is 1.63. The van der Waals surface area contributed by atoms with Crippen molar-refractivity contribution in [3.63, 3.8) is 0 Å². The van der Waals surface area contributed by atoms with E-state index >= 15 is 0 Å². The van der Waals surface area contributed by atoms with Crippen molar-refractivity contribution in [1.82, 2.24) is 0 Å². The predicted molar refractivity (Wildman–Crippen MR) is 78.7 cm³/mol. The third-order valence-electron chi connectivity index (χ3n) is 2.74. The van der Waals surface area contributed by atoms with Gasteiger partial charge in [-0.1, -0.05) is 42.5 Å². The molecule has 1 aromatic rings. The van der Waals surface area contributed by atoms with Gasteiger partial charge in [0.25, 0.3) is 0 Å². The van der Waals surface area contributed by atoms with Crippen molar-refractivity contribution >= 4 is 5.97 Å². The van der Waals surface area contributed by atoms with Crippen molar-refractivity contribution in [2.24, 2.45) is 0 Å². The summed E-state index contributed by atoms with van der Waals surface area (Å²) in [5, 5.41) is 9.41. The van der Waals surface area contributed by atoms with Crippen molar-refractivity contribution in [2.45, 2.75) is 25.7 Å². The molecule has 21 heavy (non-hydrogen) atoms. The third-order valence-corrected chi connectivity index (χ3v) is 2.74. The van der Waals surface area contributed by atoms with Gasteiger partial charge in [0.1, 0.15) is 0 Å². The monoisotopic (exact) mass is 294 g/mol. The predicted octanol–water partition coefficient (Wildman–Crippen LogP) is 1.70. The molecule has 2 unspecified atom stereocenters. The molecule has 0 aliphatic carbocycles. The molecule has 2 atom stereocenters. The highest BCUT2D eigenvalue weighted by atomic mass is 16.6. The van der Waals surface area contributed by atoms with E-state index in [9.17, 15) is 9.90 Å². The number of aliphatic hydroxyl groups is 1. The molecule has 1 rings (SSSR count). The van der Waals surface area contributed by atoms with Gasteiger partial charge in [-0.05, 0) is 12.5 Å². The molecule has 5 heteroatoms. The van der Waals surface area contributed by atoms with Gasteiger partial charge in [0.2, 0.25) is 0 Å². The van der Waals surface area contributed by atoms with Crippen LogP contribution in [-0.2, 0) is 25.6 Å². The molecule has 0 radical (unpaired) electrons. The summed E-state index contributed by atoms with van der Waals surface area (Å²) < 4.78 is 15.3. The highest BCUT2D eigenvalue weighted by Gasteiger charge is 2.24. The third kappa shape index (κ3) is 7.04. The fraction of sp³-hybridized carbons (Fsp3) is 0.438. The SMILES string of the molecule is COC(=O)C(OC/C=C\COCc1ccccc1)C(C)O. The molecule has 0 aliphatic heterocycles. The van der Waals surface area contributed by atoms with Gasteiger partial charge < -0.3 is 19.3 Å². The number of esters is 1. The Morgan fingerprint density at radius 3 is 2.52 bits per heavy atom. The Kier molecular flexibility index (Phi) is 8.35.